The first kappa shape index (κ1) is 12.6. The Kier molecular flexibility index (Phi) is 4.43. The van der Waals surface area contributed by atoms with Gasteiger partial charge in [-0.1, -0.05) is 18.5 Å². The first-order valence-electron chi connectivity index (χ1n) is 4.90. The number of hydrogen-bond donors (Lipinski definition) is 1. The average molecular weight is 244 g/mol. The van der Waals surface area contributed by atoms with Gasteiger partial charge in [0.15, 0.2) is 11.5 Å². The second-order valence-electron chi connectivity index (χ2n) is 3.20. The molecule has 0 atom stereocenters. The Labute approximate surface area is 99.3 Å². The van der Waals surface area contributed by atoms with Crippen molar-refractivity contribution in [2.75, 3.05) is 13.7 Å². The number of amides is 1. The number of ether oxygens (including phenoxy) is 2. The highest BCUT2D eigenvalue weighted by Crippen LogP contribution is 2.36. The van der Waals surface area contributed by atoms with Gasteiger partial charge in [0, 0.05) is 5.56 Å². The third-order valence-electron chi connectivity index (χ3n) is 1.96. The lowest BCUT2D eigenvalue weighted by Gasteiger charge is -2.12. The maximum atomic E-state index is 11.0. The van der Waals surface area contributed by atoms with E-state index in [1.807, 2.05) is 6.92 Å². The molecule has 0 radical (unpaired) electrons. The van der Waals surface area contributed by atoms with Crippen LogP contribution in [0.3, 0.4) is 0 Å². The Bertz CT molecular complexity index is 393. The van der Waals surface area contributed by atoms with Crippen LogP contribution in [0.4, 0.5) is 0 Å². The summed E-state index contributed by atoms with van der Waals surface area (Å²) >= 11 is 5.98. The van der Waals surface area contributed by atoms with Gasteiger partial charge in [0.1, 0.15) is 0 Å². The fourth-order valence-electron chi connectivity index (χ4n) is 1.21. The molecule has 1 rings (SSSR count). The summed E-state index contributed by atoms with van der Waals surface area (Å²) in [5, 5.41) is 0.321. The fourth-order valence-corrected chi connectivity index (χ4v) is 1.47. The number of halogens is 1. The number of nitrogens with two attached hydrogens (primary N) is 1. The monoisotopic (exact) mass is 243 g/mol. The Morgan fingerprint density at radius 3 is 2.69 bits per heavy atom. The summed E-state index contributed by atoms with van der Waals surface area (Å²) in [5.41, 5.74) is 5.46. The van der Waals surface area contributed by atoms with Gasteiger partial charge in [-0.3, -0.25) is 4.79 Å². The molecule has 0 bridgehead atoms. The van der Waals surface area contributed by atoms with E-state index in [9.17, 15) is 4.79 Å². The van der Waals surface area contributed by atoms with E-state index in [4.69, 9.17) is 26.8 Å². The van der Waals surface area contributed by atoms with Gasteiger partial charge >= 0.3 is 0 Å². The van der Waals surface area contributed by atoms with Crippen molar-refractivity contribution < 1.29 is 14.3 Å². The average Bonchev–Trinajstić information content (AvgIpc) is 2.26. The highest BCUT2D eigenvalue weighted by Gasteiger charge is 2.13. The molecule has 0 aliphatic heterocycles. The molecule has 4 nitrogen and oxygen atoms in total. The van der Waals surface area contributed by atoms with Crippen LogP contribution >= 0.6 is 11.6 Å². The molecule has 2 N–H and O–H groups in total. The Morgan fingerprint density at radius 1 is 1.50 bits per heavy atom. The molecular formula is C11H14ClNO3. The molecule has 0 saturated carbocycles. The topological polar surface area (TPSA) is 61.5 Å². The van der Waals surface area contributed by atoms with Crippen molar-refractivity contribution in [1.29, 1.82) is 0 Å². The summed E-state index contributed by atoms with van der Waals surface area (Å²) in [6.07, 6.45) is 0.858. The number of carbonyl (C=O) groups excluding carboxylic acids is 1. The van der Waals surface area contributed by atoms with Gasteiger partial charge < -0.3 is 15.2 Å². The second kappa shape index (κ2) is 5.61. The van der Waals surface area contributed by atoms with E-state index in [1.54, 1.807) is 0 Å². The molecule has 16 heavy (non-hydrogen) atoms. The van der Waals surface area contributed by atoms with Crippen LogP contribution in [0.5, 0.6) is 11.5 Å². The van der Waals surface area contributed by atoms with Crippen LogP contribution in [0.2, 0.25) is 5.02 Å². The zero-order valence-corrected chi connectivity index (χ0v) is 10.0. The van der Waals surface area contributed by atoms with Gasteiger partial charge in [-0.05, 0) is 18.6 Å². The molecular weight excluding hydrogens is 230 g/mol. The predicted octanol–water partition coefficient (Wildman–Crippen LogP) is 2.24. The molecule has 1 aromatic carbocycles. The summed E-state index contributed by atoms with van der Waals surface area (Å²) in [5.74, 6) is 0.299. The van der Waals surface area contributed by atoms with Crippen LogP contribution in [-0.4, -0.2) is 19.6 Å². The van der Waals surface area contributed by atoms with Crippen LogP contribution < -0.4 is 15.2 Å². The lowest BCUT2D eigenvalue weighted by Crippen LogP contribution is -2.11. The zero-order valence-electron chi connectivity index (χ0n) is 9.25. The normalized spacial score (nSPS) is 9.94. The summed E-state index contributed by atoms with van der Waals surface area (Å²) in [4.78, 5) is 11.0. The molecule has 0 aliphatic carbocycles. The Hall–Kier alpha value is -1.42. The number of methoxy groups -OCH3 is 1. The highest BCUT2D eigenvalue weighted by atomic mass is 35.5. The number of rotatable bonds is 5. The van der Waals surface area contributed by atoms with Gasteiger partial charge in [0.25, 0.3) is 0 Å². The molecule has 88 valence electrons. The molecule has 5 heteroatoms. The quantitative estimate of drug-likeness (QED) is 0.863. The summed E-state index contributed by atoms with van der Waals surface area (Å²) in [6.45, 7) is 2.52. The maximum absolute atomic E-state index is 11.0. The molecule has 0 unspecified atom stereocenters. The van der Waals surface area contributed by atoms with Crippen molar-refractivity contribution in [3.63, 3.8) is 0 Å². The minimum atomic E-state index is -0.553. The van der Waals surface area contributed by atoms with Crippen molar-refractivity contribution in [3.05, 3.63) is 22.7 Å². The fraction of sp³-hybridized carbons (Fsp3) is 0.364. The van der Waals surface area contributed by atoms with Gasteiger partial charge in [-0.2, -0.15) is 0 Å². The summed E-state index contributed by atoms with van der Waals surface area (Å²) in [6, 6.07) is 2.98. The summed E-state index contributed by atoms with van der Waals surface area (Å²) in [7, 11) is 1.48. The first-order chi connectivity index (χ1) is 7.60. The molecule has 0 heterocycles. The second-order valence-corrected chi connectivity index (χ2v) is 3.61. The van der Waals surface area contributed by atoms with E-state index in [2.05, 4.69) is 0 Å². The van der Waals surface area contributed by atoms with E-state index in [-0.39, 0.29) is 0 Å². The summed E-state index contributed by atoms with van der Waals surface area (Å²) < 4.78 is 10.5. The van der Waals surface area contributed by atoms with Crippen molar-refractivity contribution in [2.45, 2.75) is 13.3 Å². The third-order valence-corrected chi connectivity index (χ3v) is 2.25. The zero-order chi connectivity index (χ0) is 12.1. The largest absolute Gasteiger partial charge is 0.493 e. The molecule has 0 saturated heterocycles. The number of benzene rings is 1. The minimum Gasteiger partial charge on any atom is -0.493 e. The number of carbonyl (C=O) groups is 1. The van der Waals surface area contributed by atoms with Crippen molar-refractivity contribution in [1.82, 2.24) is 0 Å². The first-order valence-corrected chi connectivity index (χ1v) is 5.28. The van der Waals surface area contributed by atoms with Crippen molar-refractivity contribution in [3.8, 4) is 11.5 Å². The smallest absolute Gasteiger partial charge is 0.248 e. The van der Waals surface area contributed by atoms with Gasteiger partial charge in [0.2, 0.25) is 5.91 Å². The van der Waals surface area contributed by atoms with Gasteiger partial charge in [-0.25, -0.2) is 0 Å². The van der Waals surface area contributed by atoms with Crippen LogP contribution in [0.25, 0.3) is 0 Å². The van der Waals surface area contributed by atoms with E-state index < -0.39 is 5.91 Å². The Balaban J connectivity index is 3.12. The van der Waals surface area contributed by atoms with Gasteiger partial charge in [-0.15, -0.1) is 0 Å². The van der Waals surface area contributed by atoms with Gasteiger partial charge in [0.05, 0.1) is 18.7 Å². The van der Waals surface area contributed by atoms with Crippen molar-refractivity contribution in [2.24, 2.45) is 5.73 Å². The number of hydrogen-bond acceptors (Lipinski definition) is 3. The van der Waals surface area contributed by atoms with Crippen LogP contribution in [0.1, 0.15) is 23.7 Å². The van der Waals surface area contributed by atoms with Crippen LogP contribution in [0, 0.1) is 0 Å². The third kappa shape index (κ3) is 2.79. The molecule has 0 fully saturated rings. The van der Waals surface area contributed by atoms with Crippen molar-refractivity contribution >= 4 is 17.5 Å². The molecule has 0 aliphatic rings. The molecule has 1 aromatic rings. The maximum Gasteiger partial charge on any atom is 0.248 e. The van der Waals surface area contributed by atoms with Crippen LogP contribution in [-0.2, 0) is 0 Å². The Morgan fingerprint density at radius 2 is 2.19 bits per heavy atom. The lowest BCUT2D eigenvalue weighted by atomic mass is 10.2. The minimum absolute atomic E-state index is 0.297. The van der Waals surface area contributed by atoms with Crippen LogP contribution in [0.15, 0.2) is 12.1 Å². The van der Waals surface area contributed by atoms with E-state index in [1.165, 1.54) is 19.2 Å². The molecule has 0 aromatic heterocycles. The molecule has 0 spiro atoms. The lowest BCUT2D eigenvalue weighted by molar-refractivity contribution is 0.1000. The molecule has 1 amide bonds. The van der Waals surface area contributed by atoms with E-state index >= 15 is 0 Å². The SMILES string of the molecule is CCCOc1c(Cl)cc(C(N)=O)cc1OC. The number of primary amides is 1. The standard InChI is InChI=1S/C11H14ClNO3/c1-3-4-16-10-8(12)5-7(11(13)14)6-9(10)15-2/h5-6H,3-4H2,1-2H3,(H2,13,14). The van der Waals surface area contributed by atoms with E-state index in [0.717, 1.165) is 6.42 Å². The highest BCUT2D eigenvalue weighted by molar-refractivity contribution is 6.32. The van der Waals surface area contributed by atoms with E-state index in [0.29, 0.717) is 28.7 Å². The predicted molar refractivity (Wildman–Crippen MR) is 62.3 cm³/mol.